The molecule has 0 saturated carbocycles. The maximum atomic E-state index is 12.1. The molecule has 8 heteroatoms. The van der Waals surface area contributed by atoms with E-state index in [0.717, 1.165) is 15.7 Å². The molecule has 2 aromatic carbocycles. The molecule has 0 N–H and O–H groups in total. The van der Waals surface area contributed by atoms with Crippen molar-refractivity contribution in [2.75, 3.05) is 25.9 Å². The Balaban J connectivity index is 2.21. The summed E-state index contributed by atoms with van der Waals surface area (Å²) in [5, 5.41) is 4.60. The second-order valence-electron chi connectivity index (χ2n) is 5.51. The molecule has 144 valence electrons. The lowest BCUT2D eigenvalue weighted by Crippen LogP contribution is -2.33. The number of halogens is 2. The van der Waals surface area contributed by atoms with Crippen molar-refractivity contribution in [1.82, 2.24) is 0 Å². The van der Waals surface area contributed by atoms with Gasteiger partial charge in [0.2, 0.25) is 0 Å². The molecule has 1 amide bonds. The topological polar surface area (TPSA) is 60.4 Å². The van der Waals surface area contributed by atoms with E-state index >= 15 is 0 Å². The Morgan fingerprint density at radius 1 is 1.19 bits per heavy atom. The van der Waals surface area contributed by atoms with Gasteiger partial charge in [0.1, 0.15) is 13.3 Å². The summed E-state index contributed by atoms with van der Waals surface area (Å²) in [6, 6.07) is 12.9. The van der Waals surface area contributed by atoms with Crippen LogP contribution in [0.4, 0.5) is 10.5 Å². The van der Waals surface area contributed by atoms with Crippen LogP contribution < -0.4 is 4.90 Å². The molecule has 2 rings (SSSR count). The molecule has 0 spiro atoms. The number of ether oxygens (including phenoxy) is 2. The Morgan fingerprint density at radius 3 is 2.52 bits per heavy atom. The SMILES string of the molecule is COCN(C(=O)OC)c1cccc(Cl)c1CON=C(C)c1ccc(Br)cc1. The first-order chi connectivity index (χ1) is 13.0. The Labute approximate surface area is 171 Å². The summed E-state index contributed by atoms with van der Waals surface area (Å²) in [5.74, 6) is 0. The number of oxime groups is 1. The molecule has 0 atom stereocenters. The third kappa shape index (κ3) is 5.69. The maximum Gasteiger partial charge on any atom is 0.415 e. The van der Waals surface area contributed by atoms with E-state index in [1.807, 2.05) is 31.2 Å². The highest BCUT2D eigenvalue weighted by molar-refractivity contribution is 9.10. The highest BCUT2D eigenvalue weighted by Crippen LogP contribution is 2.29. The van der Waals surface area contributed by atoms with Gasteiger partial charge in [0.15, 0.2) is 0 Å². The first-order valence-electron chi connectivity index (χ1n) is 8.02. The Hall–Kier alpha value is -2.09. The lowest BCUT2D eigenvalue weighted by Gasteiger charge is -2.23. The summed E-state index contributed by atoms with van der Waals surface area (Å²) in [4.78, 5) is 18.9. The van der Waals surface area contributed by atoms with Crippen LogP contribution in [0.15, 0.2) is 52.1 Å². The molecule has 2 aromatic rings. The van der Waals surface area contributed by atoms with Crippen LogP contribution in [-0.4, -0.2) is 32.8 Å². The van der Waals surface area contributed by atoms with Crippen molar-refractivity contribution in [3.8, 4) is 0 Å². The van der Waals surface area contributed by atoms with Crippen molar-refractivity contribution in [3.63, 3.8) is 0 Å². The highest BCUT2D eigenvalue weighted by atomic mass is 79.9. The van der Waals surface area contributed by atoms with Crippen LogP contribution in [0, 0.1) is 0 Å². The second kappa shape index (κ2) is 10.3. The zero-order chi connectivity index (χ0) is 19.8. The minimum Gasteiger partial charge on any atom is -0.452 e. The molecule has 0 aromatic heterocycles. The van der Waals surface area contributed by atoms with Gasteiger partial charge >= 0.3 is 6.09 Å². The molecular weight excluding hydrogens is 436 g/mol. The van der Waals surface area contributed by atoms with Crippen LogP contribution in [0.5, 0.6) is 0 Å². The fourth-order valence-corrected chi connectivity index (χ4v) is 2.83. The van der Waals surface area contributed by atoms with Crippen molar-refractivity contribution in [2.45, 2.75) is 13.5 Å². The van der Waals surface area contributed by atoms with Gasteiger partial charge in [-0.3, -0.25) is 4.90 Å². The van der Waals surface area contributed by atoms with Gasteiger partial charge in [-0.25, -0.2) is 4.79 Å². The summed E-state index contributed by atoms with van der Waals surface area (Å²) in [6.45, 7) is 1.95. The van der Waals surface area contributed by atoms with Gasteiger partial charge in [-0.1, -0.05) is 50.9 Å². The van der Waals surface area contributed by atoms with Crippen molar-refractivity contribution in [1.29, 1.82) is 0 Å². The number of amides is 1. The Kier molecular flexibility index (Phi) is 8.09. The quantitative estimate of drug-likeness (QED) is 0.326. The Morgan fingerprint density at radius 2 is 1.89 bits per heavy atom. The number of benzene rings is 2. The summed E-state index contributed by atoms with van der Waals surface area (Å²) in [6.07, 6.45) is -0.560. The molecule has 0 aliphatic heterocycles. The predicted molar refractivity (Wildman–Crippen MR) is 109 cm³/mol. The van der Waals surface area contributed by atoms with Crippen molar-refractivity contribution in [2.24, 2.45) is 5.16 Å². The zero-order valence-electron chi connectivity index (χ0n) is 15.2. The fraction of sp³-hybridized carbons (Fsp3) is 0.263. The van der Waals surface area contributed by atoms with E-state index in [4.69, 9.17) is 25.9 Å². The van der Waals surface area contributed by atoms with Crippen molar-refractivity contribution in [3.05, 3.63) is 63.1 Å². The first kappa shape index (κ1) is 21.2. The second-order valence-corrected chi connectivity index (χ2v) is 6.83. The lowest BCUT2D eigenvalue weighted by molar-refractivity contribution is 0.129. The van der Waals surface area contributed by atoms with E-state index in [1.54, 1.807) is 18.2 Å². The molecule has 0 bridgehead atoms. The Bertz CT molecular complexity index is 812. The summed E-state index contributed by atoms with van der Waals surface area (Å²) in [7, 11) is 2.79. The summed E-state index contributed by atoms with van der Waals surface area (Å²) >= 11 is 9.72. The van der Waals surface area contributed by atoms with Crippen LogP contribution in [0.1, 0.15) is 18.1 Å². The van der Waals surface area contributed by atoms with Gasteiger partial charge in [0.25, 0.3) is 0 Å². The predicted octanol–water partition coefficient (Wildman–Crippen LogP) is 5.22. The van der Waals surface area contributed by atoms with E-state index in [9.17, 15) is 4.79 Å². The van der Waals surface area contributed by atoms with Crippen LogP contribution in [0.2, 0.25) is 5.02 Å². The molecule has 0 aliphatic rings. The standard InChI is InChI=1S/C19H20BrClN2O4/c1-13(14-7-9-15(20)10-8-14)22-27-11-16-17(21)5-4-6-18(16)23(12-25-2)19(24)26-3/h4-10H,11-12H2,1-3H3. The van der Waals surface area contributed by atoms with E-state index in [0.29, 0.717) is 16.3 Å². The maximum absolute atomic E-state index is 12.1. The minimum absolute atomic E-state index is 0.0151. The third-order valence-corrected chi connectivity index (χ3v) is 4.59. The number of carbonyl (C=O) groups is 1. The average molecular weight is 456 g/mol. The minimum atomic E-state index is -0.560. The van der Waals surface area contributed by atoms with Crippen LogP contribution in [-0.2, 0) is 20.9 Å². The van der Waals surface area contributed by atoms with E-state index in [1.165, 1.54) is 19.1 Å². The summed E-state index contributed by atoms with van der Waals surface area (Å²) < 4.78 is 10.9. The normalized spacial score (nSPS) is 11.2. The molecule has 27 heavy (non-hydrogen) atoms. The van der Waals surface area contributed by atoms with Crippen LogP contribution >= 0.6 is 27.5 Å². The number of nitrogens with zero attached hydrogens (tertiary/aromatic N) is 2. The number of methoxy groups -OCH3 is 2. The third-order valence-electron chi connectivity index (χ3n) is 3.71. The molecule has 6 nitrogen and oxygen atoms in total. The molecular formula is C19H20BrClN2O4. The van der Waals surface area contributed by atoms with Gasteiger partial charge in [-0.2, -0.15) is 0 Å². The van der Waals surface area contributed by atoms with Gasteiger partial charge in [0, 0.05) is 22.2 Å². The molecule has 0 heterocycles. The van der Waals surface area contributed by atoms with Crippen LogP contribution in [0.3, 0.4) is 0 Å². The highest BCUT2D eigenvalue weighted by Gasteiger charge is 2.21. The summed E-state index contributed by atoms with van der Waals surface area (Å²) in [5.41, 5.74) is 2.80. The molecule has 0 radical (unpaired) electrons. The van der Waals surface area contributed by atoms with Gasteiger partial charge in [-0.05, 0) is 36.8 Å². The van der Waals surface area contributed by atoms with E-state index in [2.05, 4.69) is 21.1 Å². The van der Waals surface area contributed by atoms with E-state index in [-0.39, 0.29) is 13.3 Å². The molecule has 0 unspecified atom stereocenters. The van der Waals surface area contributed by atoms with Gasteiger partial charge in [-0.15, -0.1) is 0 Å². The lowest BCUT2D eigenvalue weighted by atomic mass is 10.1. The molecule has 0 aliphatic carbocycles. The number of hydrogen-bond donors (Lipinski definition) is 0. The number of carbonyl (C=O) groups excluding carboxylic acids is 1. The van der Waals surface area contributed by atoms with Gasteiger partial charge < -0.3 is 14.3 Å². The number of rotatable bonds is 7. The number of anilines is 1. The first-order valence-corrected chi connectivity index (χ1v) is 9.19. The van der Waals surface area contributed by atoms with E-state index < -0.39 is 6.09 Å². The average Bonchev–Trinajstić information content (AvgIpc) is 2.67. The van der Waals surface area contributed by atoms with Crippen molar-refractivity contribution < 1.29 is 19.1 Å². The fourth-order valence-electron chi connectivity index (χ4n) is 2.34. The molecule has 0 fully saturated rings. The van der Waals surface area contributed by atoms with Crippen molar-refractivity contribution >= 4 is 45.0 Å². The van der Waals surface area contributed by atoms with Crippen LogP contribution in [0.25, 0.3) is 0 Å². The smallest absolute Gasteiger partial charge is 0.415 e. The molecule has 0 saturated heterocycles. The zero-order valence-corrected chi connectivity index (χ0v) is 17.6. The monoisotopic (exact) mass is 454 g/mol. The number of hydrogen-bond acceptors (Lipinski definition) is 5. The van der Waals surface area contributed by atoms with Gasteiger partial charge in [0.05, 0.1) is 18.5 Å². The largest absolute Gasteiger partial charge is 0.452 e.